The Hall–Kier alpha value is -1.75. The summed E-state index contributed by atoms with van der Waals surface area (Å²) < 4.78 is 0. The third kappa shape index (κ3) is 1.94. The summed E-state index contributed by atoms with van der Waals surface area (Å²) in [6.07, 6.45) is 2.30. The maximum atomic E-state index is 10.9. The van der Waals surface area contributed by atoms with E-state index >= 15 is 0 Å². The molecule has 0 aliphatic carbocycles. The van der Waals surface area contributed by atoms with Gasteiger partial charge >= 0.3 is 5.97 Å². The van der Waals surface area contributed by atoms with Gasteiger partial charge in [-0.3, -0.25) is 0 Å². The molecule has 0 aliphatic heterocycles. The van der Waals surface area contributed by atoms with Crippen molar-refractivity contribution in [3.63, 3.8) is 0 Å². The van der Waals surface area contributed by atoms with Gasteiger partial charge in [0.2, 0.25) is 0 Å². The van der Waals surface area contributed by atoms with Crippen molar-refractivity contribution in [2.24, 2.45) is 0 Å². The highest BCUT2D eigenvalue weighted by Crippen LogP contribution is 2.21. The number of carbonyl (C=O) groups is 1. The van der Waals surface area contributed by atoms with Gasteiger partial charge < -0.3 is 5.11 Å². The highest BCUT2D eigenvalue weighted by molar-refractivity contribution is 7.13. The molecule has 0 amide bonds. The lowest BCUT2D eigenvalue weighted by atomic mass is 10.1. The van der Waals surface area contributed by atoms with Crippen LogP contribution >= 0.6 is 11.3 Å². The van der Waals surface area contributed by atoms with Crippen molar-refractivity contribution in [3.05, 3.63) is 35.0 Å². The minimum atomic E-state index is -0.935. The van der Waals surface area contributed by atoms with Crippen molar-refractivity contribution >= 4 is 17.3 Å². The molecule has 82 valence electrons. The summed E-state index contributed by atoms with van der Waals surface area (Å²) in [5, 5.41) is 11.6. The summed E-state index contributed by atoms with van der Waals surface area (Å²) >= 11 is 1.49. The smallest absolute Gasteiger partial charge is 0.337 e. The molecule has 0 saturated heterocycles. The zero-order chi connectivity index (χ0) is 11.5. The number of rotatable bonds is 3. The summed E-state index contributed by atoms with van der Waals surface area (Å²) in [6, 6.07) is 3.28. The quantitative estimate of drug-likeness (QED) is 0.886. The second kappa shape index (κ2) is 4.40. The second-order valence-corrected chi connectivity index (χ2v) is 4.08. The van der Waals surface area contributed by atoms with Gasteiger partial charge in [-0.15, -0.1) is 11.3 Å². The van der Waals surface area contributed by atoms with E-state index in [9.17, 15) is 4.79 Å². The van der Waals surface area contributed by atoms with E-state index in [4.69, 9.17) is 5.11 Å². The molecule has 5 heteroatoms. The normalized spacial score (nSPS) is 10.3. The predicted molar refractivity (Wildman–Crippen MR) is 61.7 cm³/mol. The van der Waals surface area contributed by atoms with Crippen LogP contribution in [-0.2, 0) is 6.42 Å². The van der Waals surface area contributed by atoms with E-state index in [1.165, 1.54) is 11.3 Å². The number of aromatic nitrogens is 2. The maximum Gasteiger partial charge on any atom is 0.337 e. The molecule has 2 heterocycles. The first-order valence-corrected chi connectivity index (χ1v) is 5.73. The van der Waals surface area contributed by atoms with E-state index < -0.39 is 5.97 Å². The monoisotopic (exact) mass is 234 g/mol. The third-order valence-electron chi connectivity index (χ3n) is 2.19. The van der Waals surface area contributed by atoms with Gasteiger partial charge in [0.1, 0.15) is 5.01 Å². The Balaban J connectivity index is 2.49. The molecule has 0 spiro atoms. The van der Waals surface area contributed by atoms with Crippen LogP contribution in [0.4, 0.5) is 0 Å². The van der Waals surface area contributed by atoms with Crippen LogP contribution in [0.5, 0.6) is 0 Å². The van der Waals surface area contributed by atoms with E-state index in [-0.39, 0.29) is 5.56 Å². The van der Waals surface area contributed by atoms with E-state index in [0.29, 0.717) is 12.1 Å². The molecule has 2 aromatic heterocycles. The van der Waals surface area contributed by atoms with Crippen LogP contribution in [0.1, 0.15) is 23.0 Å². The third-order valence-corrected chi connectivity index (χ3v) is 2.99. The van der Waals surface area contributed by atoms with Gasteiger partial charge in [0, 0.05) is 11.6 Å². The topological polar surface area (TPSA) is 63.1 Å². The average Bonchev–Trinajstić information content (AvgIpc) is 2.81. The lowest BCUT2D eigenvalue weighted by Crippen LogP contribution is -2.04. The standard InChI is InChI=1S/C11H10N2O2S/c1-2-8-7(11(14)15)3-4-9(13-8)10-12-5-6-16-10/h3-6H,2H2,1H3,(H,14,15). The number of aromatic carboxylic acids is 1. The molecule has 0 aromatic carbocycles. The van der Waals surface area contributed by atoms with Crippen LogP contribution in [0.25, 0.3) is 10.7 Å². The molecule has 0 aliphatic rings. The van der Waals surface area contributed by atoms with Crippen LogP contribution in [0.15, 0.2) is 23.7 Å². The Kier molecular flexibility index (Phi) is 2.96. The van der Waals surface area contributed by atoms with Gasteiger partial charge in [0.05, 0.1) is 17.0 Å². The van der Waals surface area contributed by atoms with E-state index in [2.05, 4.69) is 9.97 Å². The molecule has 1 N–H and O–H groups in total. The molecular formula is C11H10N2O2S. The molecule has 16 heavy (non-hydrogen) atoms. The molecule has 0 atom stereocenters. The lowest BCUT2D eigenvalue weighted by molar-refractivity contribution is 0.0695. The summed E-state index contributed by atoms with van der Waals surface area (Å²) in [5.41, 5.74) is 1.60. The molecule has 0 saturated carbocycles. The van der Waals surface area contributed by atoms with Crippen LogP contribution in [0, 0.1) is 0 Å². The van der Waals surface area contributed by atoms with Crippen molar-refractivity contribution in [2.45, 2.75) is 13.3 Å². The summed E-state index contributed by atoms with van der Waals surface area (Å²) in [5.74, 6) is -0.935. The first kappa shape index (κ1) is 10.8. The van der Waals surface area contributed by atoms with E-state index in [0.717, 1.165) is 10.7 Å². The number of nitrogens with zero attached hydrogens (tertiary/aromatic N) is 2. The first-order chi connectivity index (χ1) is 7.72. The van der Waals surface area contributed by atoms with Gasteiger partial charge in [-0.25, -0.2) is 14.8 Å². The van der Waals surface area contributed by atoms with Crippen molar-refractivity contribution in [2.75, 3.05) is 0 Å². The van der Waals surface area contributed by atoms with Crippen LogP contribution < -0.4 is 0 Å². The molecule has 0 fully saturated rings. The molecule has 2 aromatic rings. The van der Waals surface area contributed by atoms with Crippen molar-refractivity contribution < 1.29 is 9.90 Å². The Morgan fingerprint density at radius 2 is 2.31 bits per heavy atom. The number of hydrogen-bond donors (Lipinski definition) is 1. The van der Waals surface area contributed by atoms with Crippen LogP contribution in [0.2, 0.25) is 0 Å². The summed E-state index contributed by atoms with van der Waals surface area (Å²) in [6.45, 7) is 1.89. The minimum Gasteiger partial charge on any atom is -0.478 e. The lowest BCUT2D eigenvalue weighted by Gasteiger charge is -2.04. The Morgan fingerprint density at radius 3 is 2.88 bits per heavy atom. The highest BCUT2D eigenvalue weighted by Gasteiger charge is 2.12. The number of hydrogen-bond acceptors (Lipinski definition) is 4. The predicted octanol–water partition coefficient (Wildman–Crippen LogP) is 2.47. The average molecular weight is 234 g/mol. The zero-order valence-corrected chi connectivity index (χ0v) is 9.49. The van der Waals surface area contributed by atoms with E-state index in [1.807, 2.05) is 12.3 Å². The van der Waals surface area contributed by atoms with Gasteiger partial charge in [0.15, 0.2) is 0 Å². The SMILES string of the molecule is CCc1nc(-c2nccs2)ccc1C(=O)O. The number of pyridine rings is 1. The number of thiazole rings is 1. The highest BCUT2D eigenvalue weighted by atomic mass is 32.1. The van der Waals surface area contributed by atoms with Gasteiger partial charge in [0.25, 0.3) is 0 Å². The number of carboxylic acid groups (broad SMARTS) is 1. The maximum absolute atomic E-state index is 10.9. The van der Waals surface area contributed by atoms with Gasteiger partial charge in [-0.05, 0) is 18.6 Å². The van der Waals surface area contributed by atoms with Gasteiger partial charge in [-0.1, -0.05) is 6.92 Å². The zero-order valence-electron chi connectivity index (χ0n) is 8.67. The summed E-state index contributed by atoms with van der Waals surface area (Å²) in [4.78, 5) is 19.4. The molecular weight excluding hydrogens is 224 g/mol. The van der Waals surface area contributed by atoms with Crippen LogP contribution in [0.3, 0.4) is 0 Å². The van der Waals surface area contributed by atoms with E-state index in [1.54, 1.807) is 18.3 Å². The van der Waals surface area contributed by atoms with Crippen molar-refractivity contribution in [1.82, 2.24) is 9.97 Å². The largest absolute Gasteiger partial charge is 0.478 e. The molecule has 0 bridgehead atoms. The Bertz CT molecular complexity index is 509. The number of carboxylic acids is 1. The molecule has 0 radical (unpaired) electrons. The first-order valence-electron chi connectivity index (χ1n) is 4.85. The fraction of sp³-hybridized carbons (Fsp3) is 0.182. The fourth-order valence-electron chi connectivity index (χ4n) is 1.43. The Morgan fingerprint density at radius 1 is 1.50 bits per heavy atom. The molecule has 0 unspecified atom stereocenters. The molecule has 4 nitrogen and oxygen atoms in total. The fourth-order valence-corrected chi connectivity index (χ4v) is 2.04. The Labute approximate surface area is 96.6 Å². The van der Waals surface area contributed by atoms with Crippen LogP contribution in [-0.4, -0.2) is 21.0 Å². The molecule has 2 rings (SSSR count). The van der Waals surface area contributed by atoms with Gasteiger partial charge in [-0.2, -0.15) is 0 Å². The second-order valence-electron chi connectivity index (χ2n) is 3.19. The summed E-state index contributed by atoms with van der Waals surface area (Å²) in [7, 11) is 0. The van der Waals surface area contributed by atoms with Crippen molar-refractivity contribution in [3.8, 4) is 10.7 Å². The van der Waals surface area contributed by atoms with Crippen molar-refractivity contribution in [1.29, 1.82) is 0 Å². The minimum absolute atomic E-state index is 0.266. The number of aryl methyl sites for hydroxylation is 1.